The first-order valence-electron chi connectivity index (χ1n) is 19.4. The van der Waals surface area contributed by atoms with Gasteiger partial charge in [-0.05, 0) is 161 Å². The summed E-state index contributed by atoms with van der Waals surface area (Å²) in [6, 6.07) is 14.0. The van der Waals surface area contributed by atoms with Crippen LogP contribution in [0.25, 0.3) is 0 Å². The van der Waals surface area contributed by atoms with Gasteiger partial charge in [0, 0.05) is 22.7 Å². The van der Waals surface area contributed by atoms with Gasteiger partial charge >= 0.3 is 11.9 Å². The summed E-state index contributed by atoms with van der Waals surface area (Å²) < 4.78 is 13.0. The first-order chi connectivity index (χ1) is 23.6. The largest absolute Gasteiger partial charge is 0.458 e. The third-order valence-corrected chi connectivity index (χ3v) is 14.4. The molecule has 6 heteroatoms. The Kier molecular flexibility index (Phi) is 10.2. The molecule has 0 aromatic heterocycles. The van der Waals surface area contributed by atoms with Gasteiger partial charge in [0.05, 0.1) is 11.1 Å². The summed E-state index contributed by atoms with van der Waals surface area (Å²) in [4.78, 5) is 27.3. The Hall–Kier alpha value is -3.28. The Labute approximate surface area is 301 Å². The van der Waals surface area contributed by atoms with E-state index < -0.39 is 5.41 Å². The lowest BCUT2D eigenvalue weighted by atomic mass is 9.40. The monoisotopic (exact) mass is 682 g/mol. The van der Waals surface area contributed by atoms with Crippen molar-refractivity contribution in [3.8, 4) is 0 Å². The van der Waals surface area contributed by atoms with Gasteiger partial charge in [0.25, 0.3) is 0 Å². The predicted molar refractivity (Wildman–Crippen MR) is 202 cm³/mol. The number of hydrogen-bond donors (Lipinski definition) is 2. The number of unbranched alkanes of at least 4 members (excludes halogenated alkanes) is 1. The van der Waals surface area contributed by atoms with Crippen molar-refractivity contribution in [2.75, 3.05) is 11.5 Å². The van der Waals surface area contributed by atoms with Gasteiger partial charge in [0.1, 0.15) is 12.2 Å². The average Bonchev–Trinajstić information content (AvgIpc) is 3.42. The molecule has 6 rings (SSSR count). The van der Waals surface area contributed by atoms with Crippen molar-refractivity contribution in [1.29, 1.82) is 0 Å². The molecule has 0 aliphatic heterocycles. The zero-order valence-electron chi connectivity index (χ0n) is 31.7. The molecule has 50 heavy (non-hydrogen) atoms. The lowest BCUT2D eigenvalue weighted by Crippen LogP contribution is -2.64. The van der Waals surface area contributed by atoms with Gasteiger partial charge in [0.15, 0.2) is 0 Å². The zero-order chi connectivity index (χ0) is 36.0. The van der Waals surface area contributed by atoms with E-state index in [1.165, 1.54) is 50.5 Å². The second kappa shape index (κ2) is 14.0. The van der Waals surface area contributed by atoms with Crippen molar-refractivity contribution in [2.45, 2.75) is 125 Å². The number of ether oxygens (including phenoxy) is 2. The number of allylic oxidation sites excluding steroid dienone is 2. The third-order valence-electron chi connectivity index (χ3n) is 14.4. The second-order valence-electron chi connectivity index (χ2n) is 18.0. The van der Waals surface area contributed by atoms with Crippen molar-refractivity contribution in [3.63, 3.8) is 0 Å². The summed E-state index contributed by atoms with van der Waals surface area (Å²) in [7, 11) is 0. The molecule has 0 spiro atoms. The van der Waals surface area contributed by atoms with Crippen molar-refractivity contribution >= 4 is 23.3 Å². The lowest BCUT2D eigenvalue weighted by molar-refractivity contribution is -0.219. The summed E-state index contributed by atoms with van der Waals surface area (Å²) >= 11 is 0. The highest BCUT2D eigenvalue weighted by atomic mass is 16.6. The van der Waals surface area contributed by atoms with Gasteiger partial charge in [-0.1, -0.05) is 52.7 Å². The zero-order valence-corrected chi connectivity index (χ0v) is 31.7. The molecule has 4 aliphatic rings. The van der Waals surface area contributed by atoms with Crippen LogP contribution in [0.2, 0.25) is 0 Å². The molecule has 0 radical (unpaired) electrons. The molecule has 10 unspecified atom stereocenters. The number of esters is 2. The van der Waals surface area contributed by atoms with E-state index in [4.69, 9.17) is 20.9 Å². The summed E-state index contributed by atoms with van der Waals surface area (Å²) in [6.45, 7) is 16.5. The number of fused-ring (bicyclic) bond motifs is 5. The topological polar surface area (TPSA) is 105 Å². The van der Waals surface area contributed by atoms with Crippen LogP contribution in [0.3, 0.4) is 0 Å². The summed E-state index contributed by atoms with van der Waals surface area (Å²) in [5.41, 5.74) is 15.4. The standard InChI is InChI=1S/C44H62N2O4/c1-27(2)10-8-9-11-28(3)34-20-21-35-33-26-37(49-40(47)29-12-16-31(45)17-13-29)39-42(4,5)38(50-41(48)30-14-18-32(46)19-15-30)23-25-44(39,7)36(33)22-24-43(34,35)6/h10,12-19,28,33-39H,8-9,11,20-26,45-46H2,1-7H3. The van der Waals surface area contributed by atoms with E-state index in [2.05, 4.69) is 54.5 Å². The quantitative estimate of drug-likeness (QED) is 0.118. The molecule has 272 valence electrons. The van der Waals surface area contributed by atoms with Crippen LogP contribution in [-0.2, 0) is 9.47 Å². The molecule has 0 saturated heterocycles. The highest BCUT2D eigenvalue weighted by Gasteiger charge is 2.67. The number of hydrogen-bond acceptors (Lipinski definition) is 6. The van der Waals surface area contributed by atoms with E-state index in [9.17, 15) is 9.59 Å². The number of carbonyl (C=O) groups is 2. The first-order valence-corrected chi connectivity index (χ1v) is 19.4. The first kappa shape index (κ1) is 36.5. The van der Waals surface area contributed by atoms with Crippen LogP contribution < -0.4 is 11.5 Å². The molecule has 4 fully saturated rings. The van der Waals surface area contributed by atoms with Crippen LogP contribution >= 0.6 is 0 Å². The van der Waals surface area contributed by atoms with Crippen molar-refractivity contribution in [2.24, 2.45) is 51.8 Å². The summed E-state index contributed by atoms with van der Waals surface area (Å²) in [5.74, 6) is 2.57. The van der Waals surface area contributed by atoms with Crippen LogP contribution in [0.1, 0.15) is 133 Å². The molecule has 4 aliphatic carbocycles. The van der Waals surface area contributed by atoms with Crippen molar-refractivity contribution < 1.29 is 19.1 Å². The highest BCUT2D eigenvalue weighted by Crippen LogP contribution is 2.71. The van der Waals surface area contributed by atoms with Crippen LogP contribution in [0.5, 0.6) is 0 Å². The minimum atomic E-state index is -0.410. The van der Waals surface area contributed by atoms with Crippen LogP contribution in [0.15, 0.2) is 60.2 Å². The molecule has 4 N–H and O–H groups in total. The van der Waals surface area contributed by atoms with Gasteiger partial charge in [-0.2, -0.15) is 0 Å². The maximum absolute atomic E-state index is 13.9. The van der Waals surface area contributed by atoms with Gasteiger partial charge in [-0.25, -0.2) is 9.59 Å². The van der Waals surface area contributed by atoms with Crippen molar-refractivity contribution in [1.82, 2.24) is 0 Å². The van der Waals surface area contributed by atoms with Crippen LogP contribution in [-0.4, -0.2) is 24.1 Å². The fourth-order valence-electron chi connectivity index (χ4n) is 12.2. The van der Waals surface area contributed by atoms with Gasteiger partial charge < -0.3 is 20.9 Å². The molecular weight excluding hydrogens is 620 g/mol. The predicted octanol–water partition coefficient (Wildman–Crippen LogP) is 10.3. The molecule has 10 atom stereocenters. The highest BCUT2D eigenvalue weighted by molar-refractivity contribution is 5.90. The van der Waals surface area contributed by atoms with E-state index in [1.807, 2.05) is 0 Å². The smallest absolute Gasteiger partial charge is 0.338 e. The Bertz CT molecular complexity index is 1560. The summed E-state index contributed by atoms with van der Waals surface area (Å²) in [5, 5.41) is 0. The fraction of sp³-hybridized carbons (Fsp3) is 0.636. The Morgan fingerprint density at radius 1 is 0.800 bits per heavy atom. The molecule has 4 saturated carbocycles. The van der Waals surface area contributed by atoms with E-state index in [-0.39, 0.29) is 35.5 Å². The Morgan fingerprint density at radius 3 is 1.96 bits per heavy atom. The van der Waals surface area contributed by atoms with E-state index in [0.29, 0.717) is 51.6 Å². The maximum atomic E-state index is 13.9. The number of benzene rings is 2. The molecule has 6 nitrogen and oxygen atoms in total. The number of carbonyl (C=O) groups excluding carboxylic acids is 2. The van der Waals surface area contributed by atoms with Gasteiger partial charge in [0.2, 0.25) is 0 Å². The van der Waals surface area contributed by atoms with Crippen LogP contribution in [0, 0.1) is 51.8 Å². The number of anilines is 2. The normalized spacial score (nSPS) is 34.7. The Morgan fingerprint density at radius 2 is 1.36 bits per heavy atom. The SMILES string of the molecule is CC(C)=CCCCC(C)C1CCC2C3CC(OC(=O)c4ccc(N)cc4)C4C(C)(C)C(OC(=O)c5ccc(N)cc5)CCC4(C)C3CCC12C. The minimum Gasteiger partial charge on any atom is -0.458 e. The molecule has 0 amide bonds. The van der Waals surface area contributed by atoms with Gasteiger partial charge in [-0.15, -0.1) is 0 Å². The molecule has 0 heterocycles. The van der Waals surface area contributed by atoms with E-state index in [0.717, 1.165) is 25.2 Å². The number of nitrogen functional groups attached to an aromatic ring is 2. The number of rotatable bonds is 9. The Balaban J connectivity index is 1.29. The van der Waals surface area contributed by atoms with E-state index >= 15 is 0 Å². The average molecular weight is 683 g/mol. The fourth-order valence-corrected chi connectivity index (χ4v) is 12.2. The van der Waals surface area contributed by atoms with Crippen molar-refractivity contribution in [3.05, 3.63) is 71.3 Å². The molecule has 0 bridgehead atoms. The molecule has 2 aromatic rings. The third kappa shape index (κ3) is 6.73. The molecular formula is C44H62N2O4. The van der Waals surface area contributed by atoms with Crippen LogP contribution in [0.4, 0.5) is 11.4 Å². The maximum Gasteiger partial charge on any atom is 0.338 e. The lowest BCUT2D eigenvalue weighted by Gasteiger charge is -2.66. The second-order valence-corrected chi connectivity index (χ2v) is 18.0. The van der Waals surface area contributed by atoms with Gasteiger partial charge in [-0.3, -0.25) is 0 Å². The van der Waals surface area contributed by atoms with E-state index in [1.54, 1.807) is 48.5 Å². The molecule has 2 aromatic carbocycles. The summed E-state index contributed by atoms with van der Waals surface area (Å²) in [6.07, 6.45) is 13.2. The minimum absolute atomic E-state index is 0.0437. The number of nitrogens with two attached hydrogens (primary N) is 2.